The van der Waals surface area contributed by atoms with Gasteiger partial charge >= 0.3 is 6.16 Å². The van der Waals surface area contributed by atoms with Gasteiger partial charge in [0, 0.05) is 6.42 Å². The Labute approximate surface area is 253 Å². The van der Waals surface area contributed by atoms with Crippen LogP contribution < -0.4 is 0 Å². The third-order valence-corrected chi connectivity index (χ3v) is 12.4. The lowest BCUT2D eigenvalue weighted by atomic mass is 9.46. The van der Waals surface area contributed by atoms with Crippen molar-refractivity contribution in [2.24, 2.45) is 52.3 Å². The van der Waals surface area contributed by atoms with Gasteiger partial charge in [0.15, 0.2) is 0 Å². The summed E-state index contributed by atoms with van der Waals surface area (Å²) in [6, 6.07) is 0. The Balaban J connectivity index is 1.31. The average Bonchev–Trinajstić information content (AvgIpc) is 3.23. The summed E-state index contributed by atoms with van der Waals surface area (Å²) in [6.07, 6.45) is 17.6. The minimum Gasteiger partial charge on any atom is -0.434 e. The summed E-state index contributed by atoms with van der Waals surface area (Å²) in [7, 11) is 0. The number of hydrogen-bond acceptors (Lipinski definition) is 4. The quantitative estimate of drug-likeness (QED) is 0.172. The molecule has 0 amide bonds. The average molecular weight is 573 g/mol. The Morgan fingerprint density at radius 2 is 1.76 bits per heavy atom. The van der Waals surface area contributed by atoms with Crippen LogP contribution in [0.4, 0.5) is 4.79 Å². The van der Waals surface area contributed by atoms with Crippen molar-refractivity contribution < 1.29 is 19.0 Å². The zero-order valence-corrected chi connectivity index (χ0v) is 28.2. The van der Waals surface area contributed by atoms with Crippen molar-refractivity contribution in [3.8, 4) is 0 Å². The highest BCUT2D eigenvalue weighted by Crippen LogP contribution is 2.67. The molecule has 3 fully saturated rings. The molecule has 8 atom stereocenters. The zero-order chi connectivity index (χ0) is 30.0. The summed E-state index contributed by atoms with van der Waals surface area (Å²) in [6.45, 7) is 21.5. The van der Waals surface area contributed by atoms with Gasteiger partial charge in [0.05, 0.1) is 19.3 Å². The molecule has 0 aromatic carbocycles. The summed E-state index contributed by atoms with van der Waals surface area (Å²) in [4.78, 5) is 12.5. The van der Waals surface area contributed by atoms with Crippen LogP contribution in [0.3, 0.4) is 0 Å². The zero-order valence-electron chi connectivity index (χ0n) is 28.2. The van der Waals surface area contributed by atoms with Crippen LogP contribution >= 0.6 is 0 Å². The number of carbonyl (C=O) groups excluding carboxylic acids is 1. The van der Waals surface area contributed by atoms with Crippen LogP contribution in [0.15, 0.2) is 11.6 Å². The molecule has 0 bridgehead atoms. The molecular weight excluding hydrogens is 508 g/mol. The second-order valence-electron chi connectivity index (χ2n) is 16.5. The normalized spacial score (nSPS) is 35.9. The van der Waals surface area contributed by atoms with E-state index in [-0.39, 0.29) is 6.10 Å². The topological polar surface area (TPSA) is 44.8 Å². The Bertz CT molecular complexity index is 905. The van der Waals surface area contributed by atoms with Crippen molar-refractivity contribution in [3.63, 3.8) is 0 Å². The molecule has 0 heterocycles. The molecule has 0 N–H and O–H groups in total. The molecule has 4 nitrogen and oxygen atoms in total. The number of carbonyl (C=O) groups is 1. The molecule has 4 rings (SSSR count). The van der Waals surface area contributed by atoms with Crippen LogP contribution in [-0.2, 0) is 14.2 Å². The van der Waals surface area contributed by atoms with Gasteiger partial charge in [0.2, 0.25) is 0 Å². The predicted octanol–water partition coefficient (Wildman–Crippen LogP) is 10.4. The lowest BCUT2D eigenvalue weighted by molar-refractivity contribution is -0.0587. The monoisotopic (exact) mass is 572 g/mol. The van der Waals surface area contributed by atoms with Gasteiger partial charge in [-0.05, 0) is 131 Å². The van der Waals surface area contributed by atoms with E-state index in [2.05, 4.69) is 40.7 Å². The van der Waals surface area contributed by atoms with E-state index in [1.165, 1.54) is 57.8 Å². The molecule has 41 heavy (non-hydrogen) atoms. The van der Waals surface area contributed by atoms with Crippen LogP contribution in [0.1, 0.15) is 139 Å². The number of allylic oxidation sites excluding steroid dienone is 2. The molecule has 0 radical (unpaired) electrons. The lowest BCUT2D eigenvalue weighted by Gasteiger charge is -2.58. The Hall–Kier alpha value is -1.03. The van der Waals surface area contributed by atoms with Gasteiger partial charge in [0.25, 0.3) is 0 Å². The smallest absolute Gasteiger partial charge is 0.434 e. The largest absolute Gasteiger partial charge is 0.508 e. The SMILES string of the molecule is CC(C)CCC[C@@H](C)[C@H]1CC[C@H]2[C@@H]3CC=C4C[C@@H](COC(=O)OC(C)(C)CCOC(C)C)CC[C@]4(C)[C@H]3CCC12C. The second kappa shape index (κ2) is 13.3. The van der Waals surface area contributed by atoms with Crippen molar-refractivity contribution in [1.29, 1.82) is 0 Å². The van der Waals surface area contributed by atoms with E-state index in [0.29, 0.717) is 36.4 Å². The molecular formula is C37H64O4. The van der Waals surface area contributed by atoms with E-state index in [1.807, 2.05) is 27.7 Å². The molecule has 0 aromatic rings. The van der Waals surface area contributed by atoms with Crippen molar-refractivity contribution >= 4 is 6.16 Å². The van der Waals surface area contributed by atoms with Crippen LogP contribution in [0.5, 0.6) is 0 Å². The highest BCUT2D eigenvalue weighted by atomic mass is 16.7. The molecule has 4 aliphatic rings. The van der Waals surface area contributed by atoms with Crippen molar-refractivity contribution in [3.05, 3.63) is 11.6 Å². The van der Waals surface area contributed by atoms with Crippen LogP contribution in [0.25, 0.3) is 0 Å². The molecule has 0 aliphatic heterocycles. The second-order valence-corrected chi connectivity index (χ2v) is 16.5. The first-order chi connectivity index (χ1) is 19.2. The van der Waals surface area contributed by atoms with Crippen LogP contribution in [-0.4, -0.2) is 31.1 Å². The Morgan fingerprint density at radius 3 is 2.46 bits per heavy atom. The number of rotatable bonds is 12. The van der Waals surface area contributed by atoms with Gasteiger partial charge in [-0.2, -0.15) is 0 Å². The first-order valence-corrected chi connectivity index (χ1v) is 17.4. The third kappa shape index (κ3) is 7.55. The van der Waals surface area contributed by atoms with E-state index in [4.69, 9.17) is 14.2 Å². The maximum atomic E-state index is 12.5. The van der Waals surface area contributed by atoms with E-state index >= 15 is 0 Å². The number of hydrogen-bond donors (Lipinski definition) is 0. The Kier molecular flexibility index (Phi) is 10.7. The summed E-state index contributed by atoms with van der Waals surface area (Å²) in [5.74, 6) is 5.61. The molecule has 236 valence electrons. The summed E-state index contributed by atoms with van der Waals surface area (Å²) in [5.41, 5.74) is 1.96. The highest BCUT2D eigenvalue weighted by molar-refractivity contribution is 5.60. The summed E-state index contributed by atoms with van der Waals surface area (Å²) in [5, 5.41) is 0. The maximum absolute atomic E-state index is 12.5. The minimum atomic E-state index is -0.585. The van der Waals surface area contributed by atoms with E-state index in [1.54, 1.807) is 5.57 Å². The standard InChI is InChI=1S/C37H64O4/c1-25(2)11-10-12-27(5)31-15-16-32-30-14-13-29-23-28(17-19-36(29,8)33(30)18-20-37(31,32)9)24-40-34(38)41-35(6,7)21-22-39-26(3)4/h13,25-28,30-33H,10-12,14-24H2,1-9H3/t27-,28+,30+,31-,32+,33+,36+,37?/m1/s1. The third-order valence-electron chi connectivity index (χ3n) is 12.4. The molecule has 4 heteroatoms. The van der Waals surface area contributed by atoms with Gasteiger partial charge in [0.1, 0.15) is 5.60 Å². The minimum absolute atomic E-state index is 0.181. The van der Waals surface area contributed by atoms with Gasteiger partial charge in [-0.25, -0.2) is 4.79 Å². The molecule has 0 aromatic heterocycles. The van der Waals surface area contributed by atoms with E-state index < -0.39 is 11.8 Å². The van der Waals surface area contributed by atoms with Crippen molar-refractivity contribution in [2.75, 3.05) is 13.2 Å². The van der Waals surface area contributed by atoms with Crippen LogP contribution in [0, 0.1) is 52.3 Å². The van der Waals surface area contributed by atoms with Crippen molar-refractivity contribution in [1.82, 2.24) is 0 Å². The van der Waals surface area contributed by atoms with Gasteiger partial charge in [-0.1, -0.05) is 65.5 Å². The first-order valence-electron chi connectivity index (χ1n) is 17.4. The molecule has 0 saturated heterocycles. The van der Waals surface area contributed by atoms with Gasteiger partial charge in [-0.15, -0.1) is 0 Å². The fourth-order valence-electron chi connectivity index (χ4n) is 9.94. The highest BCUT2D eigenvalue weighted by Gasteiger charge is 2.59. The number of ether oxygens (including phenoxy) is 3. The molecule has 3 saturated carbocycles. The molecule has 0 spiro atoms. The lowest BCUT2D eigenvalue weighted by Crippen LogP contribution is -2.50. The van der Waals surface area contributed by atoms with Crippen molar-refractivity contribution in [2.45, 2.75) is 151 Å². The van der Waals surface area contributed by atoms with Gasteiger partial charge < -0.3 is 14.2 Å². The fourth-order valence-corrected chi connectivity index (χ4v) is 9.94. The van der Waals surface area contributed by atoms with E-state index in [0.717, 1.165) is 48.3 Å². The predicted molar refractivity (Wildman–Crippen MR) is 169 cm³/mol. The van der Waals surface area contributed by atoms with E-state index in [9.17, 15) is 4.79 Å². The Morgan fingerprint density at radius 1 is 1.00 bits per heavy atom. The van der Waals surface area contributed by atoms with Crippen LogP contribution in [0.2, 0.25) is 0 Å². The summed E-state index contributed by atoms with van der Waals surface area (Å²) >= 11 is 0. The molecule has 1 unspecified atom stereocenters. The first kappa shape index (κ1) is 32.9. The maximum Gasteiger partial charge on any atom is 0.508 e. The number of fused-ring (bicyclic) bond motifs is 5. The molecule has 4 aliphatic carbocycles. The van der Waals surface area contributed by atoms with Gasteiger partial charge in [-0.3, -0.25) is 0 Å². The fraction of sp³-hybridized carbons (Fsp3) is 0.919. The summed E-state index contributed by atoms with van der Waals surface area (Å²) < 4.78 is 17.0.